The number of amides is 1. The van der Waals surface area contributed by atoms with Gasteiger partial charge in [0.2, 0.25) is 15.9 Å². The minimum absolute atomic E-state index is 0.136. The van der Waals surface area contributed by atoms with Gasteiger partial charge in [0, 0.05) is 6.07 Å². The highest BCUT2D eigenvalue weighted by Crippen LogP contribution is 2.34. The van der Waals surface area contributed by atoms with E-state index in [1.165, 1.54) is 6.92 Å². The number of methoxy groups -OCH3 is 1. The van der Waals surface area contributed by atoms with E-state index < -0.39 is 15.9 Å². The summed E-state index contributed by atoms with van der Waals surface area (Å²) < 4.78 is 42.7. The van der Waals surface area contributed by atoms with Crippen molar-refractivity contribution in [3.05, 3.63) is 48.0 Å². The van der Waals surface area contributed by atoms with Crippen molar-refractivity contribution < 1.29 is 27.4 Å². The van der Waals surface area contributed by atoms with Crippen LogP contribution in [0.5, 0.6) is 17.2 Å². The highest BCUT2D eigenvalue weighted by molar-refractivity contribution is 7.92. The number of nitrogens with zero attached hydrogens (tertiary/aromatic N) is 1. The Hall–Kier alpha value is -2.94. The second-order valence-electron chi connectivity index (χ2n) is 6.80. The maximum absolute atomic E-state index is 12.7. The van der Waals surface area contributed by atoms with Crippen molar-refractivity contribution in [2.45, 2.75) is 19.9 Å². The average molecular weight is 435 g/mol. The third kappa shape index (κ3) is 4.96. The number of hydrogen-bond acceptors (Lipinski definition) is 6. The van der Waals surface area contributed by atoms with E-state index in [-0.39, 0.29) is 18.3 Å². The SMILES string of the molecule is CCS(=O)(=O)N(CC(=O)NC(C)c1ccc(OC)cc1)c1ccc2c(c1)OCCO2. The Morgan fingerprint density at radius 3 is 2.43 bits per heavy atom. The average Bonchev–Trinajstić information content (AvgIpc) is 2.77. The Kier molecular flexibility index (Phi) is 6.71. The summed E-state index contributed by atoms with van der Waals surface area (Å²) in [5.41, 5.74) is 1.24. The minimum Gasteiger partial charge on any atom is -0.497 e. The number of anilines is 1. The lowest BCUT2D eigenvalue weighted by Gasteiger charge is -2.26. The molecule has 0 spiro atoms. The molecule has 2 aromatic rings. The van der Waals surface area contributed by atoms with Gasteiger partial charge in [-0.3, -0.25) is 9.10 Å². The zero-order chi connectivity index (χ0) is 21.7. The first-order valence-electron chi connectivity index (χ1n) is 9.67. The molecule has 1 N–H and O–H groups in total. The molecular weight excluding hydrogens is 408 g/mol. The second kappa shape index (κ2) is 9.25. The number of nitrogens with one attached hydrogen (secondary N) is 1. The summed E-state index contributed by atoms with van der Waals surface area (Å²) in [4.78, 5) is 12.7. The van der Waals surface area contributed by atoms with Crippen molar-refractivity contribution in [3.8, 4) is 17.2 Å². The largest absolute Gasteiger partial charge is 0.497 e. The molecule has 1 unspecified atom stereocenters. The minimum atomic E-state index is -3.68. The summed E-state index contributed by atoms with van der Waals surface area (Å²) >= 11 is 0. The number of carbonyl (C=O) groups excluding carboxylic acids is 1. The van der Waals surface area contributed by atoms with Crippen LogP contribution in [0, 0.1) is 0 Å². The summed E-state index contributed by atoms with van der Waals surface area (Å²) in [6.07, 6.45) is 0. The monoisotopic (exact) mass is 434 g/mol. The van der Waals surface area contributed by atoms with Gasteiger partial charge < -0.3 is 19.5 Å². The first-order chi connectivity index (χ1) is 14.3. The normalized spacial score (nSPS) is 14.0. The molecule has 30 heavy (non-hydrogen) atoms. The molecule has 162 valence electrons. The molecule has 3 rings (SSSR count). The molecule has 1 aliphatic heterocycles. The molecule has 1 amide bonds. The number of benzene rings is 2. The zero-order valence-electron chi connectivity index (χ0n) is 17.3. The van der Waals surface area contributed by atoms with Crippen LogP contribution >= 0.6 is 0 Å². The first kappa shape index (κ1) is 21.8. The molecule has 0 aliphatic carbocycles. The van der Waals surface area contributed by atoms with Gasteiger partial charge in [0.05, 0.1) is 24.6 Å². The Balaban J connectivity index is 1.77. The van der Waals surface area contributed by atoms with Gasteiger partial charge in [0.15, 0.2) is 11.5 Å². The fourth-order valence-corrected chi connectivity index (χ4v) is 4.15. The summed E-state index contributed by atoms with van der Waals surface area (Å²) in [7, 11) is -2.10. The van der Waals surface area contributed by atoms with Gasteiger partial charge >= 0.3 is 0 Å². The van der Waals surface area contributed by atoms with Crippen molar-refractivity contribution in [3.63, 3.8) is 0 Å². The van der Waals surface area contributed by atoms with Crippen molar-refractivity contribution in [2.24, 2.45) is 0 Å². The van der Waals surface area contributed by atoms with Gasteiger partial charge in [-0.15, -0.1) is 0 Å². The molecule has 1 atom stereocenters. The van der Waals surface area contributed by atoms with Crippen molar-refractivity contribution >= 4 is 21.6 Å². The fraction of sp³-hybridized carbons (Fsp3) is 0.381. The summed E-state index contributed by atoms with van der Waals surface area (Å²) in [5, 5.41) is 2.85. The Bertz CT molecular complexity index is 991. The van der Waals surface area contributed by atoms with Crippen LogP contribution in [0.1, 0.15) is 25.5 Å². The van der Waals surface area contributed by atoms with E-state index in [0.717, 1.165) is 15.6 Å². The third-order valence-electron chi connectivity index (χ3n) is 4.79. The number of rotatable bonds is 8. The zero-order valence-corrected chi connectivity index (χ0v) is 18.1. The van der Waals surface area contributed by atoms with E-state index >= 15 is 0 Å². The molecule has 9 heteroatoms. The Labute approximate surface area is 176 Å². The predicted molar refractivity (Wildman–Crippen MR) is 114 cm³/mol. The van der Waals surface area contributed by atoms with E-state index in [1.54, 1.807) is 37.4 Å². The van der Waals surface area contributed by atoms with Gasteiger partial charge in [-0.25, -0.2) is 8.42 Å². The summed E-state index contributed by atoms with van der Waals surface area (Å²) in [5.74, 6) is 1.18. The van der Waals surface area contributed by atoms with Crippen LogP contribution in [-0.2, 0) is 14.8 Å². The predicted octanol–water partition coefficient (Wildman–Crippen LogP) is 2.50. The molecule has 0 saturated carbocycles. The topological polar surface area (TPSA) is 94.2 Å². The maximum atomic E-state index is 12.7. The highest BCUT2D eigenvalue weighted by Gasteiger charge is 2.26. The molecule has 2 aromatic carbocycles. The van der Waals surface area contributed by atoms with Crippen molar-refractivity contribution in [2.75, 3.05) is 36.9 Å². The van der Waals surface area contributed by atoms with Crippen LogP contribution in [0.4, 0.5) is 5.69 Å². The number of carbonyl (C=O) groups is 1. The molecule has 0 radical (unpaired) electrons. The van der Waals surface area contributed by atoms with Crippen LogP contribution in [0.2, 0.25) is 0 Å². The standard InChI is InChI=1S/C21H26N2O6S/c1-4-30(25,26)23(17-7-10-19-20(13-17)29-12-11-28-19)14-21(24)22-15(2)16-5-8-18(27-3)9-6-16/h5-10,13,15H,4,11-12,14H2,1-3H3,(H,22,24). The van der Waals surface area contributed by atoms with Crippen molar-refractivity contribution in [1.29, 1.82) is 0 Å². The molecule has 0 fully saturated rings. The van der Waals surface area contributed by atoms with Gasteiger partial charge in [0.25, 0.3) is 0 Å². The van der Waals surface area contributed by atoms with Crippen molar-refractivity contribution in [1.82, 2.24) is 5.32 Å². The lowest BCUT2D eigenvalue weighted by Crippen LogP contribution is -2.42. The molecular formula is C21H26N2O6S. The molecule has 0 aromatic heterocycles. The quantitative estimate of drug-likeness (QED) is 0.686. The van der Waals surface area contributed by atoms with Gasteiger partial charge in [-0.05, 0) is 43.7 Å². The van der Waals surface area contributed by atoms with E-state index in [0.29, 0.717) is 30.4 Å². The lowest BCUT2D eigenvalue weighted by molar-refractivity contribution is -0.120. The number of hydrogen-bond donors (Lipinski definition) is 1. The second-order valence-corrected chi connectivity index (χ2v) is 8.98. The number of sulfonamides is 1. The van der Waals surface area contributed by atoms with E-state index in [2.05, 4.69) is 5.32 Å². The maximum Gasteiger partial charge on any atom is 0.241 e. The van der Waals surface area contributed by atoms with Gasteiger partial charge in [0.1, 0.15) is 25.5 Å². The summed E-state index contributed by atoms with van der Waals surface area (Å²) in [6.45, 7) is 3.86. The fourth-order valence-electron chi connectivity index (χ4n) is 3.09. The van der Waals surface area contributed by atoms with Gasteiger partial charge in [-0.2, -0.15) is 0 Å². The molecule has 1 heterocycles. The van der Waals surface area contributed by atoms with Crippen LogP contribution in [-0.4, -0.2) is 46.9 Å². The highest BCUT2D eigenvalue weighted by atomic mass is 32.2. The van der Waals surface area contributed by atoms with E-state index in [9.17, 15) is 13.2 Å². The van der Waals surface area contributed by atoms with Crippen LogP contribution in [0.3, 0.4) is 0 Å². The van der Waals surface area contributed by atoms with Crippen LogP contribution < -0.4 is 23.8 Å². The lowest BCUT2D eigenvalue weighted by atomic mass is 10.1. The van der Waals surface area contributed by atoms with Gasteiger partial charge in [-0.1, -0.05) is 12.1 Å². The number of ether oxygens (including phenoxy) is 3. The van der Waals surface area contributed by atoms with E-state index in [1.807, 2.05) is 19.1 Å². The molecule has 1 aliphatic rings. The molecule has 0 bridgehead atoms. The molecule has 8 nitrogen and oxygen atoms in total. The summed E-state index contributed by atoms with van der Waals surface area (Å²) in [6, 6.07) is 11.9. The van der Waals surface area contributed by atoms with E-state index in [4.69, 9.17) is 14.2 Å². The third-order valence-corrected chi connectivity index (χ3v) is 6.54. The number of fused-ring (bicyclic) bond motifs is 1. The Morgan fingerprint density at radius 1 is 1.13 bits per heavy atom. The van der Waals surface area contributed by atoms with Crippen LogP contribution in [0.25, 0.3) is 0 Å². The Morgan fingerprint density at radius 2 is 1.80 bits per heavy atom. The molecule has 0 saturated heterocycles. The van der Waals surface area contributed by atoms with Crippen LogP contribution in [0.15, 0.2) is 42.5 Å². The first-order valence-corrected chi connectivity index (χ1v) is 11.3. The smallest absolute Gasteiger partial charge is 0.241 e.